The lowest BCUT2D eigenvalue weighted by molar-refractivity contribution is 0.387. The van der Waals surface area contributed by atoms with Crippen LogP contribution in [0.15, 0.2) is 18.5 Å². The lowest BCUT2D eigenvalue weighted by Crippen LogP contribution is -2.29. The Morgan fingerprint density at radius 3 is 2.74 bits per heavy atom. The summed E-state index contributed by atoms with van der Waals surface area (Å²) >= 11 is 0. The summed E-state index contributed by atoms with van der Waals surface area (Å²) in [7, 11) is 3.43. The van der Waals surface area contributed by atoms with Gasteiger partial charge >= 0.3 is 0 Å². The number of hydrogen-bond donors (Lipinski definition) is 0. The van der Waals surface area contributed by atoms with E-state index in [1.54, 1.807) is 6.07 Å². The van der Waals surface area contributed by atoms with Gasteiger partial charge in [0.1, 0.15) is 12.1 Å². The third kappa shape index (κ3) is 2.45. The van der Waals surface area contributed by atoms with Crippen molar-refractivity contribution in [1.29, 1.82) is 0 Å². The topological polar surface area (TPSA) is 38.2 Å². The Morgan fingerprint density at radius 2 is 2.11 bits per heavy atom. The van der Waals surface area contributed by atoms with Crippen molar-refractivity contribution in [2.24, 2.45) is 0 Å². The summed E-state index contributed by atoms with van der Waals surface area (Å²) in [6, 6.07) is 3.37. The number of halogens is 1. The maximum Gasteiger partial charge on any atom is 0.167 e. The molecular formula is C14H18FN3O. The first kappa shape index (κ1) is 13.5. The van der Waals surface area contributed by atoms with Crippen LogP contribution in [0.2, 0.25) is 0 Å². The van der Waals surface area contributed by atoms with Gasteiger partial charge in [0, 0.05) is 24.5 Å². The minimum Gasteiger partial charge on any atom is -0.494 e. The summed E-state index contributed by atoms with van der Waals surface area (Å²) in [4.78, 5) is 10.5. The zero-order valence-electron chi connectivity index (χ0n) is 11.6. The quantitative estimate of drug-likeness (QED) is 0.850. The first-order valence-electron chi connectivity index (χ1n) is 6.29. The van der Waals surface area contributed by atoms with Gasteiger partial charge < -0.3 is 9.64 Å². The summed E-state index contributed by atoms with van der Waals surface area (Å²) in [6.07, 6.45) is 2.46. The minimum atomic E-state index is -0.411. The van der Waals surface area contributed by atoms with Crippen LogP contribution in [0.4, 0.5) is 10.2 Å². The van der Waals surface area contributed by atoms with Crippen LogP contribution in [-0.2, 0) is 0 Å². The number of ether oxygens (including phenoxy) is 1. The van der Waals surface area contributed by atoms with E-state index in [0.717, 1.165) is 17.6 Å². The molecule has 0 amide bonds. The van der Waals surface area contributed by atoms with Gasteiger partial charge in [0.05, 0.1) is 12.6 Å². The average molecular weight is 263 g/mol. The van der Waals surface area contributed by atoms with Crippen LogP contribution >= 0.6 is 0 Å². The van der Waals surface area contributed by atoms with Gasteiger partial charge in [0.15, 0.2) is 11.6 Å². The van der Waals surface area contributed by atoms with Crippen molar-refractivity contribution in [3.05, 3.63) is 24.3 Å². The number of anilines is 1. The smallest absolute Gasteiger partial charge is 0.167 e. The summed E-state index contributed by atoms with van der Waals surface area (Å²) < 4.78 is 18.7. The van der Waals surface area contributed by atoms with Crippen LogP contribution < -0.4 is 9.64 Å². The molecule has 0 saturated carbocycles. The molecule has 0 radical (unpaired) electrons. The van der Waals surface area contributed by atoms with E-state index in [9.17, 15) is 4.39 Å². The van der Waals surface area contributed by atoms with Crippen LogP contribution in [-0.4, -0.2) is 30.2 Å². The SMILES string of the molecule is CCC(C)N(C)c1ncnc2cc(F)c(OC)cc12. The molecule has 1 aromatic heterocycles. The van der Waals surface area contributed by atoms with Gasteiger partial charge in [0.25, 0.3) is 0 Å². The van der Waals surface area contributed by atoms with Crippen molar-refractivity contribution in [1.82, 2.24) is 9.97 Å². The second-order valence-electron chi connectivity index (χ2n) is 4.57. The third-order valence-electron chi connectivity index (χ3n) is 3.47. The maximum atomic E-state index is 13.7. The molecule has 0 spiro atoms. The van der Waals surface area contributed by atoms with Crippen LogP contribution in [0, 0.1) is 5.82 Å². The highest BCUT2D eigenvalue weighted by Crippen LogP contribution is 2.29. The third-order valence-corrected chi connectivity index (χ3v) is 3.47. The van der Waals surface area contributed by atoms with Gasteiger partial charge in [-0.05, 0) is 19.4 Å². The van der Waals surface area contributed by atoms with Crippen molar-refractivity contribution in [3.8, 4) is 5.75 Å². The van der Waals surface area contributed by atoms with Crippen LogP contribution in [0.1, 0.15) is 20.3 Å². The Kier molecular flexibility index (Phi) is 3.83. The highest BCUT2D eigenvalue weighted by Gasteiger charge is 2.15. The standard InChI is InChI=1S/C14H18FN3O/c1-5-9(2)18(3)14-10-6-13(19-4)11(15)7-12(10)16-8-17-14/h6-9H,5H2,1-4H3. The van der Waals surface area contributed by atoms with Crippen molar-refractivity contribution in [2.75, 3.05) is 19.1 Å². The molecule has 2 rings (SSSR count). The van der Waals surface area contributed by atoms with Crippen LogP contribution in [0.5, 0.6) is 5.75 Å². The van der Waals surface area contributed by atoms with E-state index in [0.29, 0.717) is 11.6 Å². The highest BCUT2D eigenvalue weighted by molar-refractivity contribution is 5.90. The first-order chi connectivity index (χ1) is 9.08. The Hall–Kier alpha value is -1.91. The summed E-state index contributed by atoms with van der Waals surface area (Å²) in [5.74, 6) is 0.588. The molecule has 0 N–H and O–H groups in total. The van der Waals surface area contributed by atoms with Gasteiger partial charge in [-0.25, -0.2) is 14.4 Å². The lowest BCUT2D eigenvalue weighted by Gasteiger charge is -2.25. The molecule has 2 aromatic rings. The number of fused-ring (bicyclic) bond motifs is 1. The minimum absolute atomic E-state index is 0.209. The van der Waals surface area contributed by atoms with E-state index in [1.807, 2.05) is 7.05 Å². The Balaban J connectivity index is 2.61. The maximum absolute atomic E-state index is 13.7. The van der Waals surface area contributed by atoms with Gasteiger partial charge in [0.2, 0.25) is 0 Å². The van der Waals surface area contributed by atoms with E-state index < -0.39 is 5.82 Å². The fourth-order valence-electron chi connectivity index (χ4n) is 1.96. The largest absolute Gasteiger partial charge is 0.494 e. The number of benzene rings is 1. The van der Waals surface area contributed by atoms with Crippen molar-refractivity contribution in [2.45, 2.75) is 26.3 Å². The molecule has 1 heterocycles. The number of hydrogen-bond acceptors (Lipinski definition) is 4. The van der Waals surface area contributed by atoms with Gasteiger partial charge in [-0.3, -0.25) is 0 Å². The molecule has 0 bridgehead atoms. The summed E-state index contributed by atoms with van der Waals surface area (Å²) in [5.41, 5.74) is 0.582. The molecule has 1 aromatic carbocycles. The molecule has 0 saturated heterocycles. The number of methoxy groups -OCH3 is 1. The van der Waals surface area contributed by atoms with Crippen LogP contribution in [0.25, 0.3) is 10.9 Å². The summed E-state index contributed by atoms with van der Waals surface area (Å²) in [6.45, 7) is 4.24. The lowest BCUT2D eigenvalue weighted by atomic mass is 10.1. The fraction of sp³-hybridized carbons (Fsp3) is 0.429. The summed E-state index contributed by atoms with van der Waals surface area (Å²) in [5, 5.41) is 0.795. The zero-order valence-corrected chi connectivity index (χ0v) is 11.6. The fourth-order valence-corrected chi connectivity index (χ4v) is 1.96. The molecule has 5 heteroatoms. The second kappa shape index (κ2) is 5.38. The first-order valence-corrected chi connectivity index (χ1v) is 6.29. The molecule has 19 heavy (non-hydrogen) atoms. The zero-order chi connectivity index (χ0) is 14.0. The molecule has 0 aliphatic carbocycles. The molecule has 0 aliphatic rings. The Morgan fingerprint density at radius 1 is 1.37 bits per heavy atom. The van der Waals surface area contributed by atoms with Crippen molar-refractivity contribution in [3.63, 3.8) is 0 Å². The van der Waals surface area contributed by atoms with Crippen LogP contribution in [0.3, 0.4) is 0 Å². The predicted molar refractivity (Wildman–Crippen MR) is 74.2 cm³/mol. The van der Waals surface area contributed by atoms with E-state index in [-0.39, 0.29) is 5.75 Å². The van der Waals surface area contributed by atoms with Crippen molar-refractivity contribution < 1.29 is 9.13 Å². The molecule has 1 atom stereocenters. The molecule has 0 fully saturated rings. The van der Waals surface area contributed by atoms with Gasteiger partial charge in [-0.1, -0.05) is 6.92 Å². The average Bonchev–Trinajstić information content (AvgIpc) is 2.44. The Bertz CT molecular complexity index is 588. The molecular weight excluding hydrogens is 245 g/mol. The molecule has 4 nitrogen and oxygen atoms in total. The van der Waals surface area contributed by atoms with E-state index in [2.05, 4.69) is 28.7 Å². The Labute approximate surface area is 112 Å². The predicted octanol–water partition coefficient (Wildman–Crippen LogP) is 3.01. The number of rotatable bonds is 4. The monoisotopic (exact) mass is 263 g/mol. The van der Waals surface area contributed by atoms with E-state index in [4.69, 9.17) is 4.74 Å². The van der Waals surface area contributed by atoms with Gasteiger partial charge in [-0.2, -0.15) is 0 Å². The normalized spacial score (nSPS) is 12.5. The number of nitrogens with zero attached hydrogens (tertiary/aromatic N) is 3. The van der Waals surface area contributed by atoms with E-state index >= 15 is 0 Å². The molecule has 102 valence electrons. The number of aromatic nitrogens is 2. The van der Waals surface area contributed by atoms with E-state index in [1.165, 1.54) is 19.5 Å². The second-order valence-corrected chi connectivity index (χ2v) is 4.57. The molecule has 0 aliphatic heterocycles. The van der Waals surface area contributed by atoms with Crippen molar-refractivity contribution >= 4 is 16.7 Å². The van der Waals surface area contributed by atoms with Gasteiger partial charge in [-0.15, -0.1) is 0 Å². The molecule has 1 unspecified atom stereocenters. The highest BCUT2D eigenvalue weighted by atomic mass is 19.1.